The summed E-state index contributed by atoms with van der Waals surface area (Å²) in [7, 11) is -3.18. The van der Waals surface area contributed by atoms with Crippen molar-refractivity contribution in [3.63, 3.8) is 0 Å². The lowest BCUT2D eigenvalue weighted by Gasteiger charge is -2.23. The molecular formula is C16H26N2O2S. The molecule has 5 heteroatoms. The van der Waals surface area contributed by atoms with Crippen molar-refractivity contribution in [2.75, 3.05) is 25.4 Å². The molecule has 4 nitrogen and oxygen atoms in total. The Morgan fingerprint density at radius 1 is 1.10 bits per heavy atom. The Morgan fingerprint density at radius 2 is 1.76 bits per heavy atom. The zero-order valence-electron chi connectivity index (χ0n) is 12.6. The molecule has 0 amide bonds. The van der Waals surface area contributed by atoms with Crippen LogP contribution in [0.2, 0.25) is 0 Å². The summed E-state index contributed by atoms with van der Waals surface area (Å²) in [6.07, 6.45) is 5.18. The van der Waals surface area contributed by atoms with Gasteiger partial charge in [-0.25, -0.2) is 12.7 Å². The van der Waals surface area contributed by atoms with E-state index in [0.29, 0.717) is 31.3 Å². The van der Waals surface area contributed by atoms with E-state index in [9.17, 15) is 8.42 Å². The SMILES string of the molecule is NCCN(CCc1ccccc1)S(=O)(=O)CC1CCCC1. The van der Waals surface area contributed by atoms with Crippen LogP contribution in [0.4, 0.5) is 0 Å². The molecule has 0 saturated heterocycles. The van der Waals surface area contributed by atoms with E-state index in [2.05, 4.69) is 0 Å². The molecule has 0 unspecified atom stereocenters. The first-order valence-corrected chi connectivity index (χ1v) is 9.44. The largest absolute Gasteiger partial charge is 0.329 e. The minimum Gasteiger partial charge on any atom is -0.329 e. The molecule has 0 atom stereocenters. The number of benzene rings is 1. The van der Waals surface area contributed by atoms with E-state index in [1.165, 1.54) is 12.8 Å². The summed E-state index contributed by atoms with van der Waals surface area (Å²) >= 11 is 0. The van der Waals surface area contributed by atoms with Gasteiger partial charge in [0.1, 0.15) is 0 Å². The lowest BCUT2D eigenvalue weighted by molar-refractivity contribution is 0.414. The summed E-state index contributed by atoms with van der Waals surface area (Å²) in [4.78, 5) is 0. The fourth-order valence-corrected chi connectivity index (χ4v) is 4.91. The molecule has 21 heavy (non-hydrogen) atoms. The lowest BCUT2D eigenvalue weighted by atomic mass is 10.1. The molecule has 0 spiro atoms. The zero-order valence-corrected chi connectivity index (χ0v) is 13.4. The highest BCUT2D eigenvalue weighted by atomic mass is 32.2. The molecule has 0 aromatic heterocycles. The van der Waals surface area contributed by atoms with Crippen molar-refractivity contribution in [1.82, 2.24) is 4.31 Å². The first kappa shape index (κ1) is 16.5. The number of nitrogens with two attached hydrogens (primary N) is 1. The second kappa shape index (κ2) is 7.92. The first-order chi connectivity index (χ1) is 10.1. The van der Waals surface area contributed by atoms with Gasteiger partial charge in [-0.1, -0.05) is 43.2 Å². The second-order valence-corrected chi connectivity index (χ2v) is 7.87. The molecule has 0 bridgehead atoms. The fourth-order valence-electron chi connectivity index (χ4n) is 3.01. The predicted molar refractivity (Wildman–Crippen MR) is 86.5 cm³/mol. The smallest absolute Gasteiger partial charge is 0.214 e. The third-order valence-corrected chi connectivity index (χ3v) is 6.23. The summed E-state index contributed by atoms with van der Waals surface area (Å²) in [5.41, 5.74) is 6.76. The number of hydrogen-bond acceptors (Lipinski definition) is 3. The van der Waals surface area contributed by atoms with Crippen molar-refractivity contribution in [3.8, 4) is 0 Å². The van der Waals surface area contributed by atoms with Crippen LogP contribution in [-0.2, 0) is 16.4 Å². The van der Waals surface area contributed by atoms with Gasteiger partial charge in [0.15, 0.2) is 0 Å². The van der Waals surface area contributed by atoms with Crippen LogP contribution in [0.1, 0.15) is 31.2 Å². The average Bonchev–Trinajstić information content (AvgIpc) is 2.96. The van der Waals surface area contributed by atoms with E-state index in [1.54, 1.807) is 4.31 Å². The van der Waals surface area contributed by atoms with Crippen molar-refractivity contribution in [2.24, 2.45) is 11.7 Å². The lowest BCUT2D eigenvalue weighted by Crippen LogP contribution is -2.39. The molecule has 0 heterocycles. The summed E-state index contributed by atoms with van der Waals surface area (Å²) in [6, 6.07) is 10.00. The van der Waals surface area contributed by atoms with Gasteiger partial charge in [0.25, 0.3) is 0 Å². The number of sulfonamides is 1. The highest BCUT2D eigenvalue weighted by Crippen LogP contribution is 2.26. The average molecular weight is 310 g/mol. The van der Waals surface area contributed by atoms with Gasteiger partial charge in [-0.15, -0.1) is 0 Å². The molecule has 0 aliphatic heterocycles. The summed E-state index contributed by atoms with van der Waals surface area (Å²) in [5, 5.41) is 0. The van der Waals surface area contributed by atoms with Gasteiger partial charge in [0, 0.05) is 19.6 Å². The molecule has 0 radical (unpaired) electrons. The molecule has 118 valence electrons. The van der Waals surface area contributed by atoms with Crippen molar-refractivity contribution in [2.45, 2.75) is 32.1 Å². The van der Waals surface area contributed by atoms with Crippen molar-refractivity contribution >= 4 is 10.0 Å². The van der Waals surface area contributed by atoms with Gasteiger partial charge in [-0.05, 0) is 30.7 Å². The topological polar surface area (TPSA) is 63.4 Å². The van der Waals surface area contributed by atoms with Crippen molar-refractivity contribution in [1.29, 1.82) is 0 Å². The molecule has 1 fully saturated rings. The maximum absolute atomic E-state index is 12.6. The molecule has 1 aliphatic carbocycles. The standard InChI is InChI=1S/C16H26N2O2S/c17-11-13-18(12-10-15-6-2-1-3-7-15)21(19,20)14-16-8-4-5-9-16/h1-3,6-7,16H,4-5,8-14,17H2. The van der Waals surface area contributed by atoms with Crippen LogP contribution in [0, 0.1) is 5.92 Å². The van der Waals surface area contributed by atoms with Crippen LogP contribution in [0.25, 0.3) is 0 Å². The van der Waals surface area contributed by atoms with Gasteiger partial charge in [0.05, 0.1) is 5.75 Å². The van der Waals surface area contributed by atoms with Gasteiger partial charge < -0.3 is 5.73 Å². The van der Waals surface area contributed by atoms with E-state index in [0.717, 1.165) is 24.8 Å². The summed E-state index contributed by atoms with van der Waals surface area (Å²) in [6.45, 7) is 1.32. The predicted octanol–water partition coefficient (Wildman–Crippen LogP) is 2.01. The summed E-state index contributed by atoms with van der Waals surface area (Å²) < 4.78 is 26.7. The zero-order chi connectivity index (χ0) is 15.1. The second-order valence-electron chi connectivity index (χ2n) is 5.85. The quantitative estimate of drug-likeness (QED) is 0.799. The molecule has 1 aliphatic rings. The maximum atomic E-state index is 12.6. The minimum atomic E-state index is -3.18. The highest BCUT2D eigenvalue weighted by Gasteiger charge is 2.27. The third kappa shape index (κ3) is 5.09. The third-order valence-electron chi connectivity index (χ3n) is 4.19. The number of rotatable bonds is 8. The van der Waals surface area contributed by atoms with E-state index in [4.69, 9.17) is 5.73 Å². The fraction of sp³-hybridized carbons (Fsp3) is 0.625. The Kier molecular flexibility index (Phi) is 6.21. The monoisotopic (exact) mass is 310 g/mol. The Balaban J connectivity index is 1.96. The molecule has 1 aromatic carbocycles. The van der Waals surface area contributed by atoms with E-state index < -0.39 is 10.0 Å². The molecule has 2 N–H and O–H groups in total. The van der Waals surface area contributed by atoms with Gasteiger partial charge in [-0.2, -0.15) is 0 Å². The summed E-state index contributed by atoms with van der Waals surface area (Å²) in [5.74, 6) is 0.633. The van der Waals surface area contributed by atoms with E-state index in [-0.39, 0.29) is 0 Å². The molecule has 1 aromatic rings. The van der Waals surface area contributed by atoms with Gasteiger partial charge in [0.2, 0.25) is 10.0 Å². The molecule has 1 saturated carbocycles. The normalized spacial score (nSPS) is 16.7. The van der Waals surface area contributed by atoms with Crippen LogP contribution in [-0.4, -0.2) is 38.1 Å². The number of nitrogens with zero attached hydrogens (tertiary/aromatic N) is 1. The van der Waals surface area contributed by atoms with Gasteiger partial charge >= 0.3 is 0 Å². The van der Waals surface area contributed by atoms with Crippen LogP contribution in [0.3, 0.4) is 0 Å². The van der Waals surface area contributed by atoms with Crippen molar-refractivity contribution < 1.29 is 8.42 Å². The van der Waals surface area contributed by atoms with Crippen LogP contribution >= 0.6 is 0 Å². The Morgan fingerprint density at radius 3 is 2.38 bits per heavy atom. The van der Waals surface area contributed by atoms with Crippen LogP contribution < -0.4 is 5.73 Å². The van der Waals surface area contributed by atoms with Crippen LogP contribution in [0.15, 0.2) is 30.3 Å². The van der Waals surface area contributed by atoms with E-state index in [1.807, 2.05) is 30.3 Å². The Labute approximate surface area is 128 Å². The van der Waals surface area contributed by atoms with Crippen molar-refractivity contribution in [3.05, 3.63) is 35.9 Å². The Bertz CT molecular complexity index is 510. The van der Waals surface area contributed by atoms with E-state index >= 15 is 0 Å². The molecular weight excluding hydrogens is 284 g/mol. The first-order valence-electron chi connectivity index (χ1n) is 7.83. The maximum Gasteiger partial charge on any atom is 0.214 e. The highest BCUT2D eigenvalue weighted by molar-refractivity contribution is 7.89. The minimum absolute atomic E-state index is 0.293. The van der Waals surface area contributed by atoms with Gasteiger partial charge in [-0.3, -0.25) is 0 Å². The molecule has 2 rings (SSSR count). The van der Waals surface area contributed by atoms with Crippen LogP contribution in [0.5, 0.6) is 0 Å². The number of hydrogen-bond donors (Lipinski definition) is 1. The Hall–Kier alpha value is -0.910.